The van der Waals surface area contributed by atoms with Gasteiger partial charge in [-0.25, -0.2) is 0 Å². The highest BCUT2D eigenvalue weighted by atomic mass is 16.1. The molecule has 1 heteroatoms. The first-order chi connectivity index (χ1) is 9.75. The highest BCUT2D eigenvalue weighted by Gasteiger charge is 2.32. The van der Waals surface area contributed by atoms with Gasteiger partial charge in [0.25, 0.3) is 0 Å². The number of benzene rings is 1. The van der Waals surface area contributed by atoms with Gasteiger partial charge in [-0.3, -0.25) is 4.79 Å². The predicted molar refractivity (Wildman–Crippen MR) is 91.5 cm³/mol. The first kappa shape index (κ1) is 17.9. The summed E-state index contributed by atoms with van der Waals surface area (Å²) < 4.78 is 0. The van der Waals surface area contributed by atoms with E-state index in [4.69, 9.17) is 0 Å². The minimum atomic E-state index is -0.237. The molecule has 0 bridgehead atoms. The second-order valence-corrected chi connectivity index (χ2v) is 7.51. The lowest BCUT2D eigenvalue weighted by molar-refractivity contribution is -0.132. The molecule has 1 rings (SSSR count). The molecular weight excluding hydrogens is 256 g/mol. The Balaban J connectivity index is 2.80. The van der Waals surface area contributed by atoms with E-state index in [1.807, 2.05) is 20.8 Å². The molecule has 0 saturated heterocycles. The molecule has 0 N–H and O–H groups in total. The van der Waals surface area contributed by atoms with Gasteiger partial charge >= 0.3 is 0 Å². The normalized spacial score (nSPS) is 14.8. The summed E-state index contributed by atoms with van der Waals surface area (Å²) in [5.74, 6) is 1.09. The van der Waals surface area contributed by atoms with Crippen molar-refractivity contribution in [3.8, 4) is 0 Å². The quantitative estimate of drug-likeness (QED) is 0.638. The van der Waals surface area contributed by atoms with E-state index in [0.717, 1.165) is 25.7 Å². The molecule has 118 valence electrons. The second kappa shape index (κ2) is 7.77. The van der Waals surface area contributed by atoms with Crippen LogP contribution < -0.4 is 0 Å². The summed E-state index contributed by atoms with van der Waals surface area (Å²) in [6.45, 7) is 12.7. The average Bonchev–Trinajstić information content (AvgIpc) is 2.38. The highest BCUT2D eigenvalue weighted by Crippen LogP contribution is 2.31. The van der Waals surface area contributed by atoms with Crippen molar-refractivity contribution in [2.75, 3.05) is 0 Å². The monoisotopic (exact) mass is 288 g/mol. The van der Waals surface area contributed by atoms with Crippen molar-refractivity contribution >= 4 is 5.78 Å². The molecule has 0 aliphatic carbocycles. The smallest absolute Gasteiger partial charge is 0.141 e. The summed E-state index contributed by atoms with van der Waals surface area (Å²) in [7, 11) is 0. The Morgan fingerprint density at radius 2 is 1.86 bits per heavy atom. The van der Waals surface area contributed by atoms with Crippen LogP contribution >= 0.6 is 0 Å². The van der Waals surface area contributed by atoms with Gasteiger partial charge in [0.2, 0.25) is 0 Å². The molecule has 0 aromatic heterocycles. The summed E-state index contributed by atoms with van der Waals surface area (Å²) in [6.07, 6.45) is 4.27. The van der Waals surface area contributed by atoms with Gasteiger partial charge in [0.15, 0.2) is 0 Å². The fourth-order valence-electron chi connectivity index (χ4n) is 3.08. The van der Waals surface area contributed by atoms with Crippen LogP contribution in [0, 0.1) is 24.2 Å². The van der Waals surface area contributed by atoms with Crippen molar-refractivity contribution in [1.29, 1.82) is 0 Å². The predicted octanol–water partition coefficient (Wildman–Crippen LogP) is 5.60. The SMILES string of the molecule is CCCC(C)[C@H](CCc1cccc(C)c1)C(=O)C(C)(C)C. The largest absolute Gasteiger partial charge is 0.299 e. The fourth-order valence-corrected chi connectivity index (χ4v) is 3.08. The average molecular weight is 288 g/mol. The Labute approximate surface area is 131 Å². The highest BCUT2D eigenvalue weighted by molar-refractivity contribution is 5.86. The number of hydrogen-bond donors (Lipinski definition) is 0. The third kappa shape index (κ3) is 5.65. The maximum absolute atomic E-state index is 12.8. The lowest BCUT2D eigenvalue weighted by Crippen LogP contribution is -2.32. The molecule has 0 heterocycles. The number of aryl methyl sites for hydroxylation is 2. The minimum absolute atomic E-state index is 0.186. The van der Waals surface area contributed by atoms with Crippen molar-refractivity contribution in [2.24, 2.45) is 17.3 Å². The molecule has 0 amide bonds. The number of ketones is 1. The van der Waals surface area contributed by atoms with Crippen molar-refractivity contribution in [1.82, 2.24) is 0 Å². The van der Waals surface area contributed by atoms with Crippen molar-refractivity contribution in [3.63, 3.8) is 0 Å². The van der Waals surface area contributed by atoms with Gasteiger partial charge in [0, 0.05) is 11.3 Å². The topological polar surface area (TPSA) is 17.1 Å². The van der Waals surface area contributed by atoms with Crippen LogP contribution in [0.15, 0.2) is 24.3 Å². The zero-order valence-corrected chi connectivity index (χ0v) is 14.7. The van der Waals surface area contributed by atoms with E-state index in [9.17, 15) is 4.79 Å². The van der Waals surface area contributed by atoms with E-state index < -0.39 is 0 Å². The molecule has 1 nitrogen and oxygen atoms in total. The van der Waals surface area contributed by atoms with Crippen LogP contribution in [0.4, 0.5) is 0 Å². The first-order valence-electron chi connectivity index (χ1n) is 8.35. The summed E-state index contributed by atoms with van der Waals surface area (Å²) in [5, 5.41) is 0. The van der Waals surface area contributed by atoms with Gasteiger partial charge < -0.3 is 0 Å². The standard InChI is InChI=1S/C20H32O/c1-7-9-16(3)18(19(21)20(4,5)6)13-12-17-11-8-10-15(2)14-17/h8,10-11,14,16,18H,7,9,12-13H2,1-6H3/t16?,18-/m0/s1. The van der Waals surface area contributed by atoms with Crippen LogP contribution in [0.25, 0.3) is 0 Å². The van der Waals surface area contributed by atoms with Crippen molar-refractivity contribution < 1.29 is 4.79 Å². The molecule has 0 radical (unpaired) electrons. The second-order valence-electron chi connectivity index (χ2n) is 7.51. The Hall–Kier alpha value is -1.11. The third-order valence-corrected chi connectivity index (χ3v) is 4.33. The number of Topliss-reactive ketones (excluding diaryl/α,β-unsaturated/α-hetero) is 1. The minimum Gasteiger partial charge on any atom is -0.299 e. The van der Waals surface area contributed by atoms with E-state index in [0.29, 0.717) is 11.7 Å². The molecule has 2 atom stereocenters. The van der Waals surface area contributed by atoms with Crippen LogP contribution in [0.5, 0.6) is 0 Å². The van der Waals surface area contributed by atoms with Crippen LogP contribution in [-0.4, -0.2) is 5.78 Å². The van der Waals surface area contributed by atoms with Crippen LogP contribution in [0.3, 0.4) is 0 Å². The van der Waals surface area contributed by atoms with Crippen molar-refractivity contribution in [3.05, 3.63) is 35.4 Å². The lowest BCUT2D eigenvalue weighted by atomic mass is 9.74. The number of hydrogen-bond acceptors (Lipinski definition) is 1. The molecule has 1 aromatic rings. The maximum atomic E-state index is 12.8. The van der Waals surface area contributed by atoms with Crippen LogP contribution in [0.1, 0.15) is 65.0 Å². The van der Waals surface area contributed by atoms with E-state index in [1.54, 1.807) is 0 Å². The summed E-state index contributed by atoms with van der Waals surface area (Å²) in [5.41, 5.74) is 2.41. The van der Waals surface area contributed by atoms with Crippen LogP contribution in [-0.2, 0) is 11.2 Å². The Bertz CT molecular complexity index is 453. The molecule has 0 saturated carbocycles. The molecule has 0 aliphatic heterocycles. The Morgan fingerprint density at radius 3 is 2.38 bits per heavy atom. The summed E-state index contributed by atoms with van der Waals surface area (Å²) in [4.78, 5) is 12.8. The van der Waals surface area contributed by atoms with E-state index in [1.165, 1.54) is 11.1 Å². The summed E-state index contributed by atoms with van der Waals surface area (Å²) in [6, 6.07) is 8.65. The van der Waals surface area contributed by atoms with E-state index in [-0.39, 0.29) is 11.3 Å². The molecule has 1 aromatic carbocycles. The number of rotatable bonds is 7. The first-order valence-corrected chi connectivity index (χ1v) is 8.35. The molecule has 0 aliphatic rings. The van der Waals surface area contributed by atoms with Gasteiger partial charge in [-0.1, -0.05) is 77.3 Å². The Morgan fingerprint density at radius 1 is 1.19 bits per heavy atom. The molecular formula is C20H32O. The van der Waals surface area contributed by atoms with Gasteiger partial charge in [-0.05, 0) is 31.2 Å². The van der Waals surface area contributed by atoms with E-state index in [2.05, 4.69) is 45.0 Å². The fraction of sp³-hybridized carbons (Fsp3) is 0.650. The molecule has 21 heavy (non-hydrogen) atoms. The molecule has 1 unspecified atom stereocenters. The van der Waals surface area contributed by atoms with Crippen LogP contribution in [0.2, 0.25) is 0 Å². The van der Waals surface area contributed by atoms with Gasteiger partial charge in [0.05, 0.1) is 0 Å². The number of carbonyl (C=O) groups is 1. The summed E-state index contributed by atoms with van der Waals surface area (Å²) >= 11 is 0. The third-order valence-electron chi connectivity index (χ3n) is 4.33. The molecule has 0 fully saturated rings. The Kier molecular flexibility index (Phi) is 6.64. The van der Waals surface area contributed by atoms with Gasteiger partial charge in [-0.2, -0.15) is 0 Å². The van der Waals surface area contributed by atoms with Gasteiger partial charge in [0.1, 0.15) is 5.78 Å². The van der Waals surface area contributed by atoms with E-state index >= 15 is 0 Å². The van der Waals surface area contributed by atoms with Gasteiger partial charge in [-0.15, -0.1) is 0 Å². The zero-order valence-electron chi connectivity index (χ0n) is 14.7. The number of carbonyl (C=O) groups excluding carboxylic acids is 1. The molecule has 0 spiro atoms. The zero-order chi connectivity index (χ0) is 16.0. The van der Waals surface area contributed by atoms with Crippen molar-refractivity contribution in [2.45, 2.75) is 67.2 Å². The maximum Gasteiger partial charge on any atom is 0.141 e. The lowest BCUT2D eigenvalue weighted by Gasteiger charge is -2.29.